The van der Waals surface area contributed by atoms with Gasteiger partial charge in [0.1, 0.15) is 0 Å². The summed E-state index contributed by atoms with van der Waals surface area (Å²) in [6, 6.07) is 0. The number of aliphatic hydroxyl groups excluding tert-OH is 1. The van der Waals surface area contributed by atoms with Crippen molar-refractivity contribution in [2.75, 3.05) is 0 Å². The molecule has 1 N–H and O–H groups in total. The molecule has 0 amide bonds. The molecular formula is C3H5O2Y6-. The Bertz CT molecular complexity index is 51.1. The number of ketones is 1. The van der Waals surface area contributed by atoms with Gasteiger partial charge in [0, 0.05) is 202 Å². The summed E-state index contributed by atoms with van der Waals surface area (Å²) in [4.78, 5) is 9.51. The second-order valence-electron chi connectivity index (χ2n) is 0.740. The molecule has 0 aliphatic heterocycles. The van der Waals surface area contributed by atoms with Gasteiger partial charge in [-0.05, 0) is 6.92 Å². The number of hydrogen-bond acceptors (Lipinski definition) is 2. The summed E-state index contributed by atoms with van der Waals surface area (Å²) in [5, 5.41) is 7.67. The number of hydrogen-bond donors (Lipinski definition) is 1. The third-order valence-corrected chi connectivity index (χ3v) is 0.182. The fourth-order valence-corrected chi connectivity index (χ4v) is 0. The minimum absolute atomic E-state index is 0. The topological polar surface area (TPSA) is 37.3 Å². The molecule has 48 valence electrons. The van der Waals surface area contributed by atoms with Gasteiger partial charge >= 0.3 is 0 Å². The van der Waals surface area contributed by atoms with Crippen LogP contribution >= 0.6 is 0 Å². The van der Waals surface area contributed by atoms with Gasteiger partial charge in [-0.3, -0.25) is 0 Å². The SMILES string of the molecule is CC(=O)[CH-]O.[Y].[Y].[Y].[Y].[Y].[Y]. The van der Waals surface area contributed by atoms with Gasteiger partial charge in [-0.15, -0.1) is 0 Å². The van der Waals surface area contributed by atoms with Crippen molar-refractivity contribution < 1.29 is 206 Å². The molecule has 0 aromatic rings. The molecule has 0 saturated carbocycles. The molecule has 0 aliphatic carbocycles. The first kappa shape index (κ1) is 43.4. The van der Waals surface area contributed by atoms with Crippen LogP contribution in [-0.2, 0) is 201 Å². The first-order valence-electron chi connectivity index (χ1n) is 1.25. The zero-order valence-corrected chi connectivity index (χ0v) is 23.4. The van der Waals surface area contributed by atoms with Crippen LogP contribution in [0.2, 0.25) is 0 Å². The molecule has 0 aliphatic rings. The quantitative estimate of drug-likeness (QED) is 0.431. The van der Waals surface area contributed by atoms with E-state index in [1.165, 1.54) is 6.92 Å². The van der Waals surface area contributed by atoms with E-state index >= 15 is 0 Å². The minimum Gasteiger partial charge on any atom is -0.540 e. The monoisotopic (exact) mass is 606 g/mol. The molecule has 0 heterocycles. The number of aliphatic hydroxyl groups is 1. The Balaban J connectivity index is -0.00000000533. The molecule has 11 heavy (non-hydrogen) atoms. The Kier molecular flexibility index (Phi) is 142. The van der Waals surface area contributed by atoms with E-state index in [9.17, 15) is 4.79 Å². The van der Waals surface area contributed by atoms with E-state index in [1.54, 1.807) is 0 Å². The van der Waals surface area contributed by atoms with Crippen LogP contribution in [-0.4, -0.2) is 10.9 Å². The van der Waals surface area contributed by atoms with Gasteiger partial charge in [-0.2, -0.15) is 0 Å². The molecule has 6 radical (unpaired) electrons. The third kappa shape index (κ3) is 48.7. The molecule has 0 atom stereocenters. The molecule has 8 heteroatoms. The van der Waals surface area contributed by atoms with Crippen LogP contribution in [0.1, 0.15) is 6.92 Å². The summed E-state index contributed by atoms with van der Waals surface area (Å²) < 4.78 is 0. The fraction of sp³-hybridized carbons (Fsp3) is 0.333. The van der Waals surface area contributed by atoms with Crippen molar-refractivity contribution >= 4 is 5.78 Å². The van der Waals surface area contributed by atoms with Crippen LogP contribution in [0.25, 0.3) is 0 Å². The number of Topliss-reactive ketones (excluding diaryl/α,β-unsaturated/α-hetero) is 1. The minimum atomic E-state index is -0.315. The van der Waals surface area contributed by atoms with Gasteiger partial charge in [0.2, 0.25) is 0 Å². The van der Waals surface area contributed by atoms with Crippen LogP contribution in [0.3, 0.4) is 0 Å². The predicted molar refractivity (Wildman–Crippen MR) is 16.9 cm³/mol. The molecule has 0 fully saturated rings. The maximum Gasteiger partial charge on any atom is 0.0190 e. The van der Waals surface area contributed by atoms with E-state index in [1.807, 2.05) is 0 Å². The fourth-order valence-electron chi connectivity index (χ4n) is 0. The van der Waals surface area contributed by atoms with Crippen molar-refractivity contribution in [1.82, 2.24) is 0 Å². The van der Waals surface area contributed by atoms with Crippen molar-refractivity contribution in [3.05, 3.63) is 6.61 Å². The van der Waals surface area contributed by atoms with Gasteiger partial charge in [0.05, 0.1) is 0 Å². The van der Waals surface area contributed by atoms with Crippen LogP contribution in [0.15, 0.2) is 0 Å². The molecule has 0 unspecified atom stereocenters. The van der Waals surface area contributed by atoms with Crippen LogP contribution < -0.4 is 0 Å². The Morgan fingerprint density at radius 1 is 1.00 bits per heavy atom. The molecule has 0 aromatic heterocycles. The van der Waals surface area contributed by atoms with Crippen LogP contribution in [0.4, 0.5) is 0 Å². The zero-order valence-electron chi connectivity index (χ0n) is 6.40. The van der Waals surface area contributed by atoms with E-state index in [2.05, 4.69) is 0 Å². The summed E-state index contributed by atoms with van der Waals surface area (Å²) in [7, 11) is 0. The first-order valence-corrected chi connectivity index (χ1v) is 1.25. The van der Waals surface area contributed by atoms with E-state index in [4.69, 9.17) is 5.11 Å². The summed E-state index contributed by atoms with van der Waals surface area (Å²) in [6.45, 7) is 1.81. The molecular weight excluding hydrogens is 601 g/mol. The van der Waals surface area contributed by atoms with Crippen molar-refractivity contribution in [3.63, 3.8) is 0 Å². The van der Waals surface area contributed by atoms with E-state index in [0.717, 1.165) is 0 Å². The number of carbonyl (C=O) groups excluding carboxylic acids is 1. The average Bonchev–Trinajstić information content (AvgIpc) is 1.38. The van der Waals surface area contributed by atoms with Crippen LogP contribution in [0.5, 0.6) is 0 Å². The third-order valence-electron chi connectivity index (χ3n) is 0.182. The first-order chi connectivity index (χ1) is 2.27. The summed E-state index contributed by atoms with van der Waals surface area (Å²) in [6.07, 6.45) is 0. The van der Waals surface area contributed by atoms with Gasteiger partial charge in [0.25, 0.3) is 0 Å². The molecule has 0 spiro atoms. The standard InChI is InChI=1S/C3H5O2.6Y/c1-3(5)2-4;;;;;;/h2,4H,1H3;;;;;;/q-1;;;;;;. The maximum absolute atomic E-state index is 9.51. The Morgan fingerprint density at radius 2 is 1.09 bits per heavy atom. The molecule has 2 nitrogen and oxygen atoms in total. The average molecular weight is 607 g/mol. The number of carbonyl (C=O) groups is 1. The van der Waals surface area contributed by atoms with Gasteiger partial charge in [-0.25, -0.2) is 6.61 Å². The Hall–Kier alpha value is 6.12. The van der Waals surface area contributed by atoms with Crippen molar-refractivity contribution in [1.29, 1.82) is 0 Å². The smallest absolute Gasteiger partial charge is 0.0190 e. The van der Waals surface area contributed by atoms with E-state index in [0.29, 0.717) is 6.61 Å². The largest absolute Gasteiger partial charge is 0.540 e. The molecule has 0 bridgehead atoms. The van der Waals surface area contributed by atoms with Gasteiger partial charge in [0.15, 0.2) is 0 Å². The van der Waals surface area contributed by atoms with E-state index < -0.39 is 0 Å². The molecule has 0 rings (SSSR count). The molecule has 0 saturated heterocycles. The predicted octanol–water partition coefficient (Wildman–Crippen LogP) is 0.0947. The summed E-state index contributed by atoms with van der Waals surface area (Å²) >= 11 is 0. The maximum atomic E-state index is 9.51. The van der Waals surface area contributed by atoms with Crippen molar-refractivity contribution in [2.24, 2.45) is 0 Å². The van der Waals surface area contributed by atoms with Crippen molar-refractivity contribution in [2.45, 2.75) is 6.92 Å². The van der Waals surface area contributed by atoms with Gasteiger partial charge in [-0.1, -0.05) is 0 Å². The summed E-state index contributed by atoms with van der Waals surface area (Å²) in [5.74, 6) is -0.315. The van der Waals surface area contributed by atoms with Gasteiger partial charge < -0.3 is 9.90 Å². The normalized spacial score (nSPS) is 3.09. The second-order valence-corrected chi connectivity index (χ2v) is 0.740. The summed E-state index contributed by atoms with van der Waals surface area (Å²) in [5.41, 5.74) is 0. The Labute approximate surface area is 219 Å². The number of rotatable bonds is 1. The zero-order chi connectivity index (χ0) is 4.28. The second kappa shape index (κ2) is 36.0. The molecule has 0 aromatic carbocycles. The Morgan fingerprint density at radius 3 is 1.09 bits per heavy atom. The van der Waals surface area contributed by atoms with Crippen LogP contribution in [0, 0.1) is 6.61 Å². The van der Waals surface area contributed by atoms with E-state index in [-0.39, 0.29) is 202 Å². The van der Waals surface area contributed by atoms with Crippen molar-refractivity contribution in [3.8, 4) is 0 Å².